The molecule has 5 heteroatoms. The minimum atomic E-state index is -0.242. The number of amides is 2. The van der Waals surface area contributed by atoms with Gasteiger partial charge in [0, 0.05) is 36.8 Å². The molecule has 2 amide bonds. The summed E-state index contributed by atoms with van der Waals surface area (Å²) in [6.45, 7) is 0.0109. The standard InChI is InChI=1S/C13H15N3O2/c1-16(2)12(17)8-15-13(18)10-3-4-11-9(7-10)5-6-14-11/h3-7,14H,8H2,1-2H3,(H,15,18). The first-order valence-electron chi connectivity index (χ1n) is 5.63. The van der Waals surface area contributed by atoms with Crippen LogP contribution in [0.1, 0.15) is 10.4 Å². The molecule has 0 unspecified atom stereocenters. The minimum Gasteiger partial charge on any atom is -0.361 e. The van der Waals surface area contributed by atoms with Crippen LogP contribution in [0.4, 0.5) is 0 Å². The zero-order chi connectivity index (χ0) is 13.1. The number of H-pyrrole nitrogens is 1. The van der Waals surface area contributed by atoms with Gasteiger partial charge in [0.1, 0.15) is 0 Å². The van der Waals surface area contributed by atoms with E-state index in [9.17, 15) is 9.59 Å². The van der Waals surface area contributed by atoms with Crippen LogP contribution in [0.3, 0.4) is 0 Å². The Hall–Kier alpha value is -2.30. The van der Waals surface area contributed by atoms with E-state index in [2.05, 4.69) is 10.3 Å². The summed E-state index contributed by atoms with van der Waals surface area (Å²) in [5, 5.41) is 3.57. The van der Waals surface area contributed by atoms with Crippen LogP contribution in [0.5, 0.6) is 0 Å². The van der Waals surface area contributed by atoms with E-state index in [1.54, 1.807) is 26.2 Å². The highest BCUT2D eigenvalue weighted by Gasteiger charge is 2.09. The Morgan fingerprint density at radius 2 is 2.06 bits per heavy atom. The highest BCUT2D eigenvalue weighted by Crippen LogP contribution is 2.13. The largest absolute Gasteiger partial charge is 0.361 e. The molecule has 0 aliphatic heterocycles. The van der Waals surface area contributed by atoms with Gasteiger partial charge in [-0.15, -0.1) is 0 Å². The van der Waals surface area contributed by atoms with Gasteiger partial charge in [0.25, 0.3) is 5.91 Å². The van der Waals surface area contributed by atoms with Crippen molar-refractivity contribution < 1.29 is 9.59 Å². The van der Waals surface area contributed by atoms with E-state index in [1.807, 2.05) is 18.3 Å². The molecule has 1 heterocycles. The van der Waals surface area contributed by atoms with Crippen molar-refractivity contribution in [1.82, 2.24) is 15.2 Å². The van der Waals surface area contributed by atoms with E-state index >= 15 is 0 Å². The Morgan fingerprint density at radius 3 is 2.78 bits per heavy atom. The molecule has 0 radical (unpaired) electrons. The lowest BCUT2D eigenvalue weighted by Crippen LogP contribution is -2.36. The molecule has 0 spiro atoms. The Labute approximate surface area is 105 Å². The van der Waals surface area contributed by atoms with Crippen LogP contribution in [-0.4, -0.2) is 42.3 Å². The highest BCUT2D eigenvalue weighted by molar-refractivity contribution is 5.99. The third-order valence-corrected chi connectivity index (χ3v) is 2.71. The molecule has 94 valence electrons. The number of nitrogens with one attached hydrogen (secondary N) is 2. The highest BCUT2D eigenvalue weighted by atomic mass is 16.2. The number of hydrogen-bond acceptors (Lipinski definition) is 2. The number of hydrogen-bond donors (Lipinski definition) is 2. The second-order valence-electron chi connectivity index (χ2n) is 4.25. The summed E-state index contributed by atoms with van der Waals surface area (Å²) in [5.74, 6) is -0.376. The predicted octanol–water partition coefficient (Wildman–Crippen LogP) is 0.986. The molecule has 0 aliphatic carbocycles. The lowest BCUT2D eigenvalue weighted by molar-refractivity contribution is -0.127. The summed E-state index contributed by atoms with van der Waals surface area (Å²) in [6.07, 6.45) is 1.82. The fourth-order valence-electron chi connectivity index (χ4n) is 1.61. The summed E-state index contributed by atoms with van der Waals surface area (Å²) in [4.78, 5) is 27.7. The minimum absolute atomic E-state index is 0.0109. The zero-order valence-corrected chi connectivity index (χ0v) is 10.4. The lowest BCUT2D eigenvalue weighted by atomic mass is 10.1. The van der Waals surface area contributed by atoms with E-state index < -0.39 is 0 Å². The Kier molecular flexibility index (Phi) is 3.32. The fraction of sp³-hybridized carbons (Fsp3) is 0.231. The van der Waals surface area contributed by atoms with Gasteiger partial charge in [0.2, 0.25) is 5.91 Å². The number of likely N-dealkylation sites (N-methyl/N-ethyl adjacent to an activating group) is 1. The first kappa shape index (κ1) is 12.2. The van der Waals surface area contributed by atoms with Crippen LogP contribution in [0.25, 0.3) is 10.9 Å². The molecule has 0 saturated carbocycles. The topological polar surface area (TPSA) is 65.2 Å². The average molecular weight is 245 g/mol. The third kappa shape index (κ3) is 2.51. The number of fused-ring (bicyclic) bond motifs is 1. The van der Waals surface area contributed by atoms with Gasteiger partial charge >= 0.3 is 0 Å². The molecule has 0 atom stereocenters. The molecule has 0 fully saturated rings. The molecule has 0 saturated heterocycles. The van der Waals surface area contributed by atoms with Gasteiger partial charge in [0.15, 0.2) is 0 Å². The van der Waals surface area contributed by atoms with Crippen molar-refractivity contribution in [3.05, 3.63) is 36.0 Å². The van der Waals surface area contributed by atoms with Gasteiger partial charge in [0.05, 0.1) is 6.54 Å². The van der Waals surface area contributed by atoms with E-state index in [0.717, 1.165) is 10.9 Å². The van der Waals surface area contributed by atoms with E-state index in [1.165, 1.54) is 4.90 Å². The quantitative estimate of drug-likeness (QED) is 0.846. The number of benzene rings is 1. The maximum atomic E-state index is 11.8. The van der Waals surface area contributed by atoms with Crippen LogP contribution < -0.4 is 5.32 Å². The molecular weight excluding hydrogens is 230 g/mol. The van der Waals surface area contributed by atoms with Crippen molar-refractivity contribution >= 4 is 22.7 Å². The van der Waals surface area contributed by atoms with E-state index in [0.29, 0.717) is 5.56 Å². The van der Waals surface area contributed by atoms with Gasteiger partial charge in [-0.05, 0) is 24.3 Å². The number of rotatable bonds is 3. The number of carbonyl (C=O) groups is 2. The summed E-state index contributed by atoms with van der Waals surface area (Å²) in [5.41, 5.74) is 1.53. The summed E-state index contributed by atoms with van der Waals surface area (Å²) < 4.78 is 0. The van der Waals surface area contributed by atoms with Crippen LogP contribution in [0, 0.1) is 0 Å². The third-order valence-electron chi connectivity index (χ3n) is 2.71. The van der Waals surface area contributed by atoms with E-state index in [-0.39, 0.29) is 18.4 Å². The van der Waals surface area contributed by atoms with Crippen molar-refractivity contribution in [1.29, 1.82) is 0 Å². The number of carbonyl (C=O) groups excluding carboxylic acids is 2. The molecular formula is C13H15N3O2. The first-order chi connectivity index (χ1) is 8.58. The summed E-state index contributed by atoms with van der Waals surface area (Å²) >= 11 is 0. The molecule has 2 rings (SSSR count). The van der Waals surface area contributed by atoms with Crippen LogP contribution in [0.2, 0.25) is 0 Å². The molecule has 5 nitrogen and oxygen atoms in total. The zero-order valence-electron chi connectivity index (χ0n) is 10.4. The van der Waals surface area contributed by atoms with Gasteiger partial charge in [-0.3, -0.25) is 9.59 Å². The predicted molar refractivity (Wildman–Crippen MR) is 69.3 cm³/mol. The summed E-state index contributed by atoms with van der Waals surface area (Å²) in [6, 6.07) is 7.27. The second-order valence-corrected chi connectivity index (χ2v) is 4.25. The molecule has 0 aliphatic rings. The molecule has 1 aromatic carbocycles. The Morgan fingerprint density at radius 1 is 1.28 bits per heavy atom. The average Bonchev–Trinajstić information content (AvgIpc) is 2.82. The SMILES string of the molecule is CN(C)C(=O)CNC(=O)c1ccc2[nH]ccc2c1. The van der Waals surface area contributed by atoms with Crippen LogP contribution in [0.15, 0.2) is 30.5 Å². The maximum Gasteiger partial charge on any atom is 0.251 e. The molecule has 2 aromatic rings. The second kappa shape index (κ2) is 4.91. The smallest absolute Gasteiger partial charge is 0.251 e. The molecule has 2 N–H and O–H groups in total. The maximum absolute atomic E-state index is 11.8. The van der Waals surface area contributed by atoms with Crippen LogP contribution in [-0.2, 0) is 4.79 Å². The molecule has 1 aromatic heterocycles. The van der Waals surface area contributed by atoms with Gasteiger partial charge in [-0.25, -0.2) is 0 Å². The number of aromatic amines is 1. The number of aromatic nitrogens is 1. The van der Waals surface area contributed by atoms with Gasteiger partial charge in [-0.2, -0.15) is 0 Å². The van der Waals surface area contributed by atoms with Crippen LogP contribution >= 0.6 is 0 Å². The Balaban J connectivity index is 2.06. The van der Waals surface area contributed by atoms with Gasteiger partial charge in [-0.1, -0.05) is 0 Å². The molecule has 18 heavy (non-hydrogen) atoms. The monoisotopic (exact) mass is 245 g/mol. The fourth-order valence-corrected chi connectivity index (χ4v) is 1.61. The molecule has 0 bridgehead atoms. The van der Waals surface area contributed by atoms with Gasteiger partial charge < -0.3 is 15.2 Å². The Bertz CT molecular complexity index is 587. The van der Waals surface area contributed by atoms with Crippen molar-refractivity contribution in [2.24, 2.45) is 0 Å². The normalized spacial score (nSPS) is 10.3. The number of nitrogens with zero attached hydrogens (tertiary/aromatic N) is 1. The lowest BCUT2D eigenvalue weighted by Gasteiger charge is -2.10. The first-order valence-corrected chi connectivity index (χ1v) is 5.63. The van der Waals surface area contributed by atoms with Crippen molar-refractivity contribution in [2.75, 3.05) is 20.6 Å². The summed E-state index contributed by atoms with van der Waals surface area (Å²) in [7, 11) is 3.31. The van der Waals surface area contributed by atoms with E-state index in [4.69, 9.17) is 0 Å². The van der Waals surface area contributed by atoms with Crippen molar-refractivity contribution in [3.63, 3.8) is 0 Å². The van der Waals surface area contributed by atoms with Crippen molar-refractivity contribution in [2.45, 2.75) is 0 Å². The van der Waals surface area contributed by atoms with Crippen molar-refractivity contribution in [3.8, 4) is 0 Å².